The number of aryl methyl sites for hydroxylation is 1. The minimum absolute atomic E-state index is 0.0265. The van der Waals surface area contributed by atoms with E-state index in [1.54, 1.807) is 11.1 Å². The first-order valence-corrected chi connectivity index (χ1v) is 17.3. The summed E-state index contributed by atoms with van der Waals surface area (Å²) in [6.07, 6.45) is 8.87. The fraction of sp³-hybridized carbons (Fsp3) is 0.394. The second-order valence-electron chi connectivity index (χ2n) is 12.1. The number of rotatable bonds is 1. The number of nitrogens with two attached hydrogens (primary N) is 2. The molecule has 47 heavy (non-hydrogen) atoms. The average molecular weight is 794 g/mol. The van der Waals surface area contributed by atoms with Crippen molar-refractivity contribution in [2.45, 2.75) is 49.4 Å². The van der Waals surface area contributed by atoms with Crippen molar-refractivity contribution >= 4 is 66.9 Å². The second kappa shape index (κ2) is 14.3. The molecule has 0 amide bonds. The molecule has 3 aliphatic heterocycles. The Morgan fingerprint density at radius 1 is 0.745 bits per heavy atom. The van der Waals surface area contributed by atoms with E-state index in [9.17, 15) is 8.78 Å². The average Bonchev–Trinajstić information content (AvgIpc) is 3.55. The van der Waals surface area contributed by atoms with Crippen LogP contribution in [0.1, 0.15) is 48.8 Å². The molecule has 5 heterocycles. The smallest absolute Gasteiger partial charge is 0.222 e. The van der Waals surface area contributed by atoms with Crippen molar-refractivity contribution in [2.24, 2.45) is 0 Å². The van der Waals surface area contributed by atoms with E-state index in [-0.39, 0.29) is 28.3 Å². The molecule has 1 aliphatic carbocycles. The van der Waals surface area contributed by atoms with Crippen LogP contribution < -0.4 is 16.4 Å². The second-order valence-corrected chi connectivity index (χ2v) is 14.3. The normalized spacial score (nSPS) is 18.5. The summed E-state index contributed by atoms with van der Waals surface area (Å²) in [5.41, 5.74) is 16.5. The lowest BCUT2D eigenvalue weighted by atomic mass is 9.75. The molecule has 2 saturated heterocycles. The van der Waals surface area contributed by atoms with Gasteiger partial charge in [-0.3, -0.25) is 0 Å². The minimum Gasteiger partial charge on any atom is -0.381 e. The van der Waals surface area contributed by atoms with Crippen LogP contribution in [0.2, 0.25) is 5.15 Å². The Balaban J connectivity index is 0.000000138. The number of hydrogen-bond acceptors (Lipinski definition) is 9. The van der Waals surface area contributed by atoms with Crippen LogP contribution in [-0.4, -0.2) is 52.9 Å². The number of hydrogen-bond donors (Lipinski definition) is 2. The Morgan fingerprint density at radius 2 is 1.32 bits per heavy atom. The van der Waals surface area contributed by atoms with Crippen molar-refractivity contribution < 1.29 is 18.3 Å². The standard InChI is InChI=1S/C16H16BrFN4O.C13H15BrO.C4H3ClFN3/c17-10-1-2-11-13(7-10)22(9-16(11)3-5-23-6-4-16)14-12(18)8-20-15(19)21-14;14-11-1-2-12-10(9-11)3-4-13(12)5-7-15-8-6-13;5-3-2(6)1-8-4(7)9-3/h1-2,7-8H,3-6,9H2,(H2,19,20,21);1-2,9H,3-8H2;1H,(H2,7,8,9). The highest BCUT2D eigenvalue weighted by molar-refractivity contribution is 9.10. The maximum atomic E-state index is 14.3. The molecular formula is C33H34Br2ClF2N7O2. The maximum Gasteiger partial charge on any atom is 0.222 e. The summed E-state index contributed by atoms with van der Waals surface area (Å²) >= 11 is 12.3. The summed E-state index contributed by atoms with van der Waals surface area (Å²) in [6, 6.07) is 13.0. The number of aromatic nitrogens is 4. The summed E-state index contributed by atoms with van der Waals surface area (Å²) in [7, 11) is 0. The van der Waals surface area contributed by atoms with Gasteiger partial charge in [-0.05, 0) is 79.5 Å². The summed E-state index contributed by atoms with van der Waals surface area (Å²) < 4.78 is 39.7. The summed E-state index contributed by atoms with van der Waals surface area (Å²) in [5, 5.41) is -0.248. The van der Waals surface area contributed by atoms with Crippen LogP contribution in [-0.2, 0) is 26.7 Å². The Kier molecular flexibility index (Phi) is 10.3. The van der Waals surface area contributed by atoms with Gasteiger partial charge in [0.05, 0.1) is 12.4 Å². The number of anilines is 4. The van der Waals surface area contributed by atoms with E-state index in [1.807, 2.05) is 17.0 Å². The quantitative estimate of drug-likeness (QED) is 0.189. The zero-order valence-electron chi connectivity index (χ0n) is 25.5. The van der Waals surface area contributed by atoms with Gasteiger partial charge in [0.2, 0.25) is 11.9 Å². The van der Waals surface area contributed by atoms with E-state index in [2.05, 4.69) is 76.1 Å². The molecule has 14 heteroatoms. The Morgan fingerprint density at radius 3 is 1.96 bits per heavy atom. The molecule has 4 aromatic rings. The Bertz CT molecular complexity index is 1760. The van der Waals surface area contributed by atoms with Gasteiger partial charge in [-0.25, -0.2) is 18.7 Å². The van der Waals surface area contributed by atoms with Gasteiger partial charge in [-0.15, -0.1) is 0 Å². The van der Waals surface area contributed by atoms with E-state index in [4.69, 9.17) is 32.5 Å². The minimum atomic E-state index is -0.661. The van der Waals surface area contributed by atoms with Crippen LogP contribution >= 0.6 is 43.5 Å². The van der Waals surface area contributed by atoms with Gasteiger partial charge in [-0.1, -0.05) is 55.6 Å². The molecule has 2 spiro atoms. The topological polar surface area (TPSA) is 125 Å². The SMILES string of the molecule is Brc1ccc2c(c1)CCC21CCOCC1.Nc1ncc(F)c(Cl)n1.Nc1ncc(F)c(N2CC3(CCOCC3)c3ccc(Br)cc32)n1. The first-order valence-electron chi connectivity index (χ1n) is 15.3. The van der Waals surface area contributed by atoms with E-state index < -0.39 is 11.6 Å². The van der Waals surface area contributed by atoms with Crippen molar-refractivity contribution in [3.8, 4) is 0 Å². The van der Waals surface area contributed by atoms with Gasteiger partial charge >= 0.3 is 0 Å². The predicted molar refractivity (Wildman–Crippen MR) is 185 cm³/mol. The van der Waals surface area contributed by atoms with Crippen molar-refractivity contribution in [1.29, 1.82) is 0 Å². The van der Waals surface area contributed by atoms with Crippen LogP contribution in [0.25, 0.3) is 0 Å². The molecule has 248 valence electrons. The van der Waals surface area contributed by atoms with Gasteiger partial charge in [0, 0.05) is 58.4 Å². The maximum absolute atomic E-state index is 14.3. The molecule has 0 atom stereocenters. The molecule has 8 rings (SSSR count). The van der Waals surface area contributed by atoms with Crippen molar-refractivity contribution in [2.75, 3.05) is 49.3 Å². The molecule has 0 saturated carbocycles. The molecule has 2 fully saturated rings. The lowest BCUT2D eigenvalue weighted by molar-refractivity contribution is 0.0506. The zero-order valence-corrected chi connectivity index (χ0v) is 29.4. The van der Waals surface area contributed by atoms with Crippen LogP contribution in [0.15, 0.2) is 57.7 Å². The molecule has 0 unspecified atom stereocenters. The molecular weight excluding hydrogens is 760 g/mol. The molecule has 2 aromatic carbocycles. The summed E-state index contributed by atoms with van der Waals surface area (Å²) in [4.78, 5) is 16.4. The van der Waals surface area contributed by atoms with E-state index in [1.165, 1.54) is 35.7 Å². The van der Waals surface area contributed by atoms with Crippen LogP contribution in [0, 0.1) is 11.6 Å². The number of nitrogen functional groups attached to an aromatic ring is 2. The molecule has 0 bridgehead atoms. The van der Waals surface area contributed by atoms with Crippen LogP contribution in [0.4, 0.5) is 32.2 Å². The number of halogens is 5. The number of fused-ring (bicyclic) bond motifs is 4. The predicted octanol–water partition coefficient (Wildman–Crippen LogP) is 7.46. The molecule has 4 aliphatic rings. The van der Waals surface area contributed by atoms with E-state index in [0.29, 0.717) is 12.0 Å². The highest BCUT2D eigenvalue weighted by Crippen LogP contribution is 2.50. The van der Waals surface area contributed by atoms with Crippen LogP contribution in [0.5, 0.6) is 0 Å². The third-order valence-corrected chi connectivity index (χ3v) is 10.7. The monoisotopic (exact) mass is 791 g/mol. The Labute approximate surface area is 293 Å². The highest BCUT2D eigenvalue weighted by atomic mass is 79.9. The third-order valence-electron chi connectivity index (χ3n) is 9.41. The lowest BCUT2D eigenvalue weighted by Gasteiger charge is -2.34. The van der Waals surface area contributed by atoms with Gasteiger partial charge < -0.3 is 25.8 Å². The third kappa shape index (κ3) is 7.24. The van der Waals surface area contributed by atoms with Crippen molar-refractivity contribution in [1.82, 2.24) is 19.9 Å². The highest BCUT2D eigenvalue weighted by Gasteiger charge is 2.45. The van der Waals surface area contributed by atoms with Crippen molar-refractivity contribution in [3.63, 3.8) is 0 Å². The van der Waals surface area contributed by atoms with Gasteiger partial charge in [0.25, 0.3) is 0 Å². The van der Waals surface area contributed by atoms with Gasteiger partial charge in [0.15, 0.2) is 22.6 Å². The van der Waals surface area contributed by atoms with Gasteiger partial charge in [-0.2, -0.15) is 9.97 Å². The van der Waals surface area contributed by atoms with Crippen molar-refractivity contribution in [3.05, 3.63) is 91.2 Å². The lowest BCUT2D eigenvalue weighted by Crippen LogP contribution is -2.37. The number of benzene rings is 2. The molecule has 9 nitrogen and oxygen atoms in total. The number of ether oxygens (including phenoxy) is 2. The first-order chi connectivity index (χ1) is 22.6. The summed E-state index contributed by atoms with van der Waals surface area (Å²) in [5.74, 6) is -0.840. The zero-order chi connectivity index (χ0) is 33.2. The fourth-order valence-electron chi connectivity index (χ4n) is 7.02. The summed E-state index contributed by atoms with van der Waals surface area (Å²) in [6.45, 7) is 4.00. The van der Waals surface area contributed by atoms with E-state index >= 15 is 0 Å². The largest absolute Gasteiger partial charge is 0.381 e. The molecule has 4 N–H and O–H groups in total. The first kappa shape index (κ1) is 33.9. The number of nitrogens with zero attached hydrogens (tertiary/aromatic N) is 5. The fourth-order valence-corrected chi connectivity index (χ4v) is 7.92. The molecule has 0 radical (unpaired) electrons. The van der Waals surface area contributed by atoms with Gasteiger partial charge in [0.1, 0.15) is 0 Å². The van der Waals surface area contributed by atoms with E-state index in [0.717, 1.165) is 61.8 Å². The van der Waals surface area contributed by atoms with Crippen LogP contribution in [0.3, 0.4) is 0 Å². The Hall–Kier alpha value is -2.97. The molecule has 2 aromatic heterocycles.